The zero-order chi connectivity index (χ0) is 12.2. The maximum Gasteiger partial charge on any atom is 0.294 e. The molecule has 0 aliphatic heterocycles. The zero-order valence-corrected chi connectivity index (χ0v) is 10.5. The normalized spacial score (nSPS) is 13.7. The second-order valence-corrected chi connectivity index (χ2v) is 5.51. The van der Waals surface area contributed by atoms with Gasteiger partial charge in [-0.3, -0.25) is 4.55 Å². The van der Waals surface area contributed by atoms with Gasteiger partial charge < -0.3 is 0 Å². The fraction of sp³-hybridized carbons (Fsp3) is 0.500. The molecule has 1 aromatic carbocycles. The molecule has 0 aliphatic carbocycles. The van der Waals surface area contributed by atoms with Crippen molar-refractivity contribution < 1.29 is 13.0 Å². The van der Waals surface area contributed by atoms with Crippen molar-refractivity contribution in [3.8, 4) is 0 Å². The van der Waals surface area contributed by atoms with E-state index in [0.29, 0.717) is 5.92 Å². The Kier molecular flexibility index (Phi) is 4.50. The smallest absolute Gasteiger partial charge is 0.282 e. The summed E-state index contributed by atoms with van der Waals surface area (Å²) in [5.74, 6) is 0.426. The minimum atomic E-state index is -4.06. The fourth-order valence-electron chi connectivity index (χ4n) is 1.65. The topological polar surface area (TPSA) is 54.4 Å². The van der Waals surface area contributed by atoms with Crippen LogP contribution < -0.4 is 0 Å². The van der Waals surface area contributed by atoms with Crippen LogP contribution in [0.2, 0.25) is 0 Å². The Bertz CT molecular complexity index is 420. The Morgan fingerprint density at radius 2 is 1.81 bits per heavy atom. The molecule has 0 radical (unpaired) electrons. The predicted molar refractivity (Wildman–Crippen MR) is 64.2 cm³/mol. The summed E-state index contributed by atoms with van der Waals surface area (Å²) in [6.07, 6.45) is 3.43. The molecule has 90 valence electrons. The molecule has 0 saturated heterocycles. The molecule has 0 aliphatic rings. The number of unbranched alkanes of at least 4 members (excludes halogenated alkanes) is 1. The molecule has 0 saturated carbocycles. The van der Waals surface area contributed by atoms with Crippen LogP contribution in [0, 0.1) is 0 Å². The van der Waals surface area contributed by atoms with Crippen LogP contribution in [0.3, 0.4) is 0 Å². The standard InChI is InChI=1S/C12H18O3S/c1-3-4-5-10(2)11-6-8-12(9-7-11)16(13,14)15/h6-10H,3-5H2,1-2H3,(H,13,14,15). The first-order valence-electron chi connectivity index (χ1n) is 5.52. The number of rotatable bonds is 5. The zero-order valence-electron chi connectivity index (χ0n) is 9.68. The second-order valence-electron chi connectivity index (χ2n) is 4.09. The number of benzene rings is 1. The fourth-order valence-corrected chi connectivity index (χ4v) is 2.13. The van der Waals surface area contributed by atoms with E-state index >= 15 is 0 Å². The van der Waals surface area contributed by atoms with Gasteiger partial charge in [0.1, 0.15) is 0 Å². The molecular weight excluding hydrogens is 224 g/mol. The Labute approximate surface area is 97.2 Å². The third kappa shape index (κ3) is 3.61. The molecule has 0 fully saturated rings. The summed E-state index contributed by atoms with van der Waals surface area (Å²) in [6, 6.07) is 6.44. The quantitative estimate of drug-likeness (QED) is 0.806. The molecule has 1 atom stereocenters. The number of hydrogen-bond acceptors (Lipinski definition) is 2. The lowest BCUT2D eigenvalue weighted by molar-refractivity contribution is 0.483. The van der Waals surface area contributed by atoms with E-state index in [1.165, 1.54) is 18.6 Å². The summed E-state index contributed by atoms with van der Waals surface area (Å²) in [6.45, 7) is 4.27. The Balaban J connectivity index is 2.79. The van der Waals surface area contributed by atoms with Gasteiger partial charge in [0.2, 0.25) is 0 Å². The van der Waals surface area contributed by atoms with E-state index in [1.807, 2.05) is 0 Å². The Morgan fingerprint density at radius 1 is 1.25 bits per heavy atom. The van der Waals surface area contributed by atoms with Gasteiger partial charge in [0.15, 0.2) is 0 Å². The minimum absolute atomic E-state index is 0.0426. The lowest BCUT2D eigenvalue weighted by Crippen LogP contribution is -1.99. The molecule has 16 heavy (non-hydrogen) atoms. The van der Waals surface area contributed by atoms with Crippen LogP contribution in [0.4, 0.5) is 0 Å². The molecule has 4 heteroatoms. The highest BCUT2D eigenvalue weighted by molar-refractivity contribution is 7.85. The van der Waals surface area contributed by atoms with Crippen LogP contribution in [-0.4, -0.2) is 13.0 Å². The summed E-state index contributed by atoms with van der Waals surface area (Å²) in [4.78, 5) is -0.0426. The summed E-state index contributed by atoms with van der Waals surface area (Å²) >= 11 is 0. The van der Waals surface area contributed by atoms with E-state index in [9.17, 15) is 8.42 Å². The van der Waals surface area contributed by atoms with E-state index in [0.717, 1.165) is 18.4 Å². The van der Waals surface area contributed by atoms with Crippen molar-refractivity contribution in [2.45, 2.75) is 43.9 Å². The average molecular weight is 242 g/mol. The molecule has 1 N–H and O–H groups in total. The molecule has 0 amide bonds. The van der Waals surface area contributed by atoms with Gasteiger partial charge in [0.25, 0.3) is 10.1 Å². The molecule has 1 aromatic rings. The molecule has 0 spiro atoms. The van der Waals surface area contributed by atoms with Crippen molar-refractivity contribution >= 4 is 10.1 Å². The van der Waals surface area contributed by atoms with Crippen molar-refractivity contribution in [3.63, 3.8) is 0 Å². The van der Waals surface area contributed by atoms with Crippen molar-refractivity contribution in [3.05, 3.63) is 29.8 Å². The molecule has 3 nitrogen and oxygen atoms in total. The SMILES string of the molecule is CCCCC(C)c1ccc(S(=O)(=O)O)cc1. The highest BCUT2D eigenvalue weighted by Crippen LogP contribution is 2.22. The van der Waals surface area contributed by atoms with Crippen LogP contribution in [-0.2, 0) is 10.1 Å². The van der Waals surface area contributed by atoms with Gasteiger partial charge in [-0.2, -0.15) is 8.42 Å². The highest BCUT2D eigenvalue weighted by Gasteiger charge is 2.10. The van der Waals surface area contributed by atoms with Crippen LogP contribution in [0.1, 0.15) is 44.6 Å². The molecule has 1 rings (SSSR count). The van der Waals surface area contributed by atoms with Gasteiger partial charge in [0.05, 0.1) is 4.90 Å². The van der Waals surface area contributed by atoms with Gasteiger partial charge in [-0.25, -0.2) is 0 Å². The molecule has 0 bridgehead atoms. The number of hydrogen-bond donors (Lipinski definition) is 1. The van der Waals surface area contributed by atoms with E-state index in [4.69, 9.17) is 4.55 Å². The van der Waals surface area contributed by atoms with Gasteiger partial charge in [-0.05, 0) is 30.0 Å². The van der Waals surface area contributed by atoms with E-state index < -0.39 is 10.1 Å². The maximum atomic E-state index is 10.8. The van der Waals surface area contributed by atoms with Gasteiger partial charge in [0, 0.05) is 0 Å². The third-order valence-electron chi connectivity index (χ3n) is 2.74. The summed E-state index contributed by atoms with van der Waals surface area (Å²) in [5.41, 5.74) is 1.11. The second kappa shape index (κ2) is 5.46. The summed E-state index contributed by atoms with van der Waals surface area (Å²) in [7, 11) is -4.06. The first kappa shape index (κ1) is 13.2. The highest BCUT2D eigenvalue weighted by atomic mass is 32.2. The molecule has 1 unspecified atom stereocenters. The lowest BCUT2D eigenvalue weighted by atomic mass is 9.96. The van der Waals surface area contributed by atoms with Crippen molar-refractivity contribution in [2.24, 2.45) is 0 Å². The monoisotopic (exact) mass is 242 g/mol. The van der Waals surface area contributed by atoms with Gasteiger partial charge in [-0.15, -0.1) is 0 Å². The van der Waals surface area contributed by atoms with Crippen LogP contribution in [0.25, 0.3) is 0 Å². The first-order valence-corrected chi connectivity index (χ1v) is 6.96. The largest absolute Gasteiger partial charge is 0.294 e. The van der Waals surface area contributed by atoms with Crippen LogP contribution in [0.15, 0.2) is 29.2 Å². The van der Waals surface area contributed by atoms with Gasteiger partial charge >= 0.3 is 0 Å². The van der Waals surface area contributed by atoms with Crippen LogP contribution >= 0.6 is 0 Å². The maximum absolute atomic E-state index is 10.8. The molecular formula is C12H18O3S. The Hall–Kier alpha value is -0.870. The predicted octanol–water partition coefficient (Wildman–Crippen LogP) is 3.23. The first-order chi connectivity index (χ1) is 7.45. The van der Waals surface area contributed by atoms with Crippen molar-refractivity contribution in [1.82, 2.24) is 0 Å². The van der Waals surface area contributed by atoms with Crippen molar-refractivity contribution in [1.29, 1.82) is 0 Å². The van der Waals surface area contributed by atoms with Crippen molar-refractivity contribution in [2.75, 3.05) is 0 Å². The molecule has 0 heterocycles. The summed E-state index contributed by atoms with van der Waals surface area (Å²) < 4.78 is 30.5. The molecule has 0 aromatic heterocycles. The minimum Gasteiger partial charge on any atom is -0.282 e. The average Bonchev–Trinajstić information content (AvgIpc) is 2.25. The lowest BCUT2D eigenvalue weighted by Gasteiger charge is -2.11. The van der Waals surface area contributed by atoms with E-state index in [-0.39, 0.29) is 4.90 Å². The Morgan fingerprint density at radius 3 is 2.25 bits per heavy atom. The summed E-state index contributed by atoms with van der Waals surface area (Å²) in [5, 5.41) is 0. The van der Waals surface area contributed by atoms with E-state index in [2.05, 4.69) is 13.8 Å². The van der Waals surface area contributed by atoms with Crippen LogP contribution in [0.5, 0.6) is 0 Å². The van der Waals surface area contributed by atoms with E-state index in [1.54, 1.807) is 12.1 Å². The van der Waals surface area contributed by atoms with Gasteiger partial charge in [-0.1, -0.05) is 38.8 Å². The third-order valence-corrected chi connectivity index (χ3v) is 3.61.